The molecule has 0 aromatic heterocycles. The van der Waals surface area contributed by atoms with E-state index in [1.54, 1.807) is 27.7 Å². The van der Waals surface area contributed by atoms with Crippen molar-refractivity contribution in [2.45, 2.75) is 79.1 Å². The number of aliphatic hydroxyl groups is 1. The second-order valence-electron chi connectivity index (χ2n) is 6.81. The third-order valence-corrected chi connectivity index (χ3v) is 3.75. The summed E-state index contributed by atoms with van der Waals surface area (Å²) in [6.45, 7) is 13.0. The molecule has 2 N–H and O–H groups in total. The number of amides is 1. The van der Waals surface area contributed by atoms with E-state index in [0.29, 0.717) is 6.42 Å². The second-order valence-corrected chi connectivity index (χ2v) is 6.81. The van der Waals surface area contributed by atoms with Gasteiger partial charge in [-0.25, -0.2) is 4.79 Å². The van der Waals surface area contributed by atoms with E-state index in [1.165, 1.54) is 0 Å². The van der Waals surface area contributed by atoms with Crippen molar-refractivity contribution < 1.29 is 24.2 Å². The summed E-state index contributed by atoms with van der Waals surface area (Å²) in [5, 5.41) is 13.4. The van der Waals surface area contributed by atoms with E-state index in [9.17, 15) is 14.7 Å². The highest BCUT2D eigenvalue weighted by atomic mass is 16.6. The minimum atomic E-state index is -1.03. The van der Waals surface area contributed by atoms with Gasteiger partial charge >= 0.3 is 12.1 Å². The number of nitrogens with one attached hydrogen (secondary N) is 1. The van der Waals surface area contributed by atoms with Crippen LogP contribution in [-0.2, 0) is 14.3 Å². The number of hydrogen-bond donors (Lipinski definition) is 2. The number of carbonyl (C=O) groups excluding carboxylic acids is 2. The summed E-state index contributed by atoms with van der Waals surface area (Å²) in [7, 11) is 0. The van der Waals surface area contributed by atoms with Crippen molar-refractivity contribution in [1.82, 2.24) is 5.32 Å². The maximum atomic E-state index is 12.0. The number of aliphatic hydroxyl groups excluding tert-OH is 1. The van der Waals surface area contributed by atoms with E-state index >= 15 is 0 Å². The summed E-state index contributed by atoms with van der Waals surface area (Å²) < 4.78 is 10.3. The van der Waals surface area contributed by atoms with E-state index in [-0.39, 0.29) is 12.5 Å². The Hall–Kier alpha value is -1.30. The molecule has 0 rings (SSSR count). The highest BCUT2D eigenvalue weighted by Gasteiger charge is 2.36. The molecule has 0 saturated heterocycles. The Morgan fingerprint density at radius 1 is 1.13 bits per heavy atom. The largest absolute Gasteiger partial charge is 0.466 e. The molecule has 0 aliphatic carbocycles. The average molecular weight is 331 g/mol. The van der Waals surface area contributed by atoms with Crippen LogP contribution in [0.1, 0.15) is 61.3 Å². The van der Waals surface area contributed by atoms with Crippen LogP contribution in [0.5, 0.6) is 0 Å². The molecule has 0 aromatic carbocycles. The van der Waals surface area contributed by atoms with Gasteiger partial charge in [0.25, 0.3) is 0 Å². The van der Waals surface area contributed by atoms with Crippen LogP contribution < -0.4 is 5.32 Å². The molecule has 0 radical (unpaired) electrons. The Bertz CT molecular complexity index is 378. The van der Waals surface area contributed by atoms with Crippen LogP contribution in [0.2, 0.25) is 0 Å². The van der Waals surface area contributed by atoms with Crippen molar-refractivity contribution in [2.24, 2.45) is 11.8 Å². The Balaban J connectivity index is 5.14. The lowest BCUT2D eigenvalue weighted by molar-refractivity contribution is -0.153. The summed E-state index contributed by atoms with van der Waals surface area (Å²) in [6, 6.07) is -0.579. The Labute approximate surface area is 139 Å². The molecular formula is C17H33NO5. The number of ether oxygens (including phenoxy) is 2. The zero-order chi connectivity index (χ0) is 18.2. The number of hydrogen-bond acceptors (Lipinski definition) is 5. The van der Waals surface area contributed by atoms with E-state index < -0.39 is 35.7 Å². The van der Waals surface area contributed by atoms with E-state index in [4.69, 9.17) is 9.47 Å². The minimum absolute atomic E-state index is 0.0130. The van der Waals surface area contributed by atoms with Crippen molar-refractivity contribution >= 4 is 12.1 Å². The quantitative estimate of drug-likeness (QED) is 0.668. The number of esters is 1. The number of rotatable bonds is 8. The van der Waals surface area contributed by atoms with Crippen molar-refractivity contribution in [2.75, 3.05) is 6.61 Å². The van der Waals surface area contributed by atoms with Gasteiger partial charge in [0.05, 0.1) is 24.7 Å². The van der Waals surface area contributed by atoms with Gasteiger partial charge in [-0.2, -0.15) is 0 Å². The molecule has 1 unspecified atom stereocenters. The lowest BCUT2D eigenvalue weighted by atomic mass is 9.86. The molecule has 0 fully saturated rings. The fourth-order valence-electron chi connectivity index (χ4n) is 2.31. The Morgan fingerprint density at radius 3 is 2.09 bits per heavy atom. The van der Waals surface area contributed by atoms with Crippen molar-refractivity contribution in [1.29, 1.82) is 0 Å². The lowest BCUT2D eigenvalue weighted by Gasteiger charge is -2.33. The molecule has 0 heterocycles. The Kier molecular flexibility index (Phi) is 9.20. The van der Waals surface area contributed by atoms with Crippen LogP contribution >= 0.6 is 0 Å². The first kappa shape index (κ1) is 21.7. The van der Waals surface area contributed by atoms with E-state index in [1.807, 2.05) is 20.8 Å². The summed E-state index contributed by atoms with van der Waals surface area (Å²) in [5.41, 5.74) is -0.625. The molecule has 1 amide bonds. The smallest absolute Gasteiger partial charge is 0.407 e. The lowest BCUT2D eigenvalue weighted by Crippen LogP contribution is -2.52. The fourth-order valence-corrected chi connectivity index (χ4v) is 2.31. The predicted molar refractivity (Wildman–Crippen MR) is 89.0 cm³/mol. The monoisotopic (exact) mass is 331 g/mol. The van der Waals surface area contributed by atoms with Crippen molar-refractivity contribution in [3.8, 4) is 0 Å². The highest BCUT2D eigenvalue weighted by molar-refractivity contribution is 5.73. The predicted octanol–water partition coefficient (Wildman–Crippen LogP) is 2.88. The molecule has 0 aliphatic heterocycles. The molecule has 0 aliphatic rings. The van der Waals surface area contributed by atoms with Gasteiger partial charge in [-0.1, -0.05) is 27.2 Å². The van der Waals surface area contributed by atoms with Gasteiger partial charge in [0.2, 0.25) is 0 Å². The summed E-state index contributed by atoms with van der Waals surface area (Å²) >= 11 is 0. The highest BCUT2D eigenvalue weighted by Crippen LogP contribution is 2.21. The van der Waals surface area contributed by atoms with Crippen LogP contribution in [0.4, 0.5) is 4.79 Å². The molecule has 0 bridgehead atoms. The van der Waals surface area contributed by atoms with Gasteiger partial charge in [-0.05, 0) is 40.0 Å². The minimum Gasteiger partial charge on any atom is -0.466 e. The number of alkyl carbamates (subject to hydrolysis) is 1. The molecule has 4 atom stereocenters. The van der Waals surface area contributed by atoms with Crippen LogP contribution in [0, 0.1) is 11.8 Å². The third kappa shape index (κ3) is 7.68. The zero-order valence-electron chi connectivity index (χ0n) is 15.5. The average Bonchev–Trinajstić information content (AvgIpc) is 2.43. The van der Waals surface area contributed by atoms with E-state index in [0.717, 1.165) is 6.42 Å². The first-order chi connectivity index (χ1) is 10.6. The normalized spacial score (nSPS) is 16.9. The molecule has 0 spiro atoms. The topological polar surface area (TPSA) is 84.9 Å². The third-order valence-electron chi connectivity index (χ3n) is 3.75. The van der Waals surface area contributed by atoms with Gasteiger partial charge in [-0.3, -0.25) is 4.79 Å². The molecule has 6 nitrogen and oxygen atoms in total. The van der Waals surface area contributed by atoms with Crippen LogP contribution in [0.25, 0.3) is 0 Å². The molecule has 136 valence electrons. The molecule has 0 aromatic rings. The zero-order valence-corrected chi connectivity index (χ0v) is 15.5. The van der Waals surface area contributed by atoms with Gasteiger partial charge in [0.1, 0.15) is 5.60 Å². The van der Waals surface area contributed by atoms with Gasteiger partial charge in [-0.15, -0.1) is 0 Å². The molecule has 23 heavy (non-hydrogen) atoms. The van der Waals surface area contributed by atoms with E-state index in [2.05, 4.69) is 5.32 Å². The van der Waals surface area contributed by atoms with Crippen molar-refractivity contribution in [3.05, 3.63) is 0 Å². The molecular weight excluding hydrogens is 298 g/mol. The first-order valence-electron chi connectivity index (χ1n) is 8.41. The van der Waals surface area contributed by atoms with Crippen molar-refractivity contribution in [3.63, 3.8) is 0 Å². The van der Waals surface area contributed by atoms with Gasteiger partial charge in [0, 0.05) is 0 Å². The summed E-state index contributed by atoms with van der Waals surface area (Å²) in [4.78, 5) is 24.1. The summed E-state index contributed by atoms with van der Waals surface area (Å²) in [6.07, 6.45) is -0.443. The van der Waals surface area contributed by atoms with Crippen LogP contribution in [0.3, 0.4) is 0 Å². The fraction of sp³-hybridized carbons (Fsp3) is 0.882. The maximum Gasteiger partial charge on any atom is 0.407 e. The first-order valence-corrected chi connectivity index (χ1v) is 8.41. The maximum absolute atomic E-state index is 12.0. The number of carbonyl (C=O) groups is 2. The van der Waals surface area contributed by atoms with Gasteiger partial charge in [0.15, 0.2) is 0 Å². The van der Waals surface area contributed by atoms with Crippen LogP contribution in [0.15, 0.2) is 0 Å². The SMILES string of the molecule is CCOC(=O)C(CC)[C@@H](O)[C@@H](NC(=O)OC(C)(C)C)[C@@H](C)CC. The standard InChI is InChI=1S/C17H33NO5/c1-8-11(4)13(18-16(21)23-17(5,6)7)14(19)12(9-2)15(20)22-10-3/h11-14,19H,8-10H2,1-7H3,(H,18,21)/t11-,12?,13-,14+/m0/s1. The molecule has 6 heteroatoms. The second kappa shape index (κ2) is 9.75. The summed E-state index contributed by atoms with van der Waals surface area (Å²) in [5.74, 6) is -1.13. The van der Waals surface area contributed by atoms with Crippen LogP contribution in [-0.4, -0.2) is 41.5 Å². The van der Waals surface area contributed by atoms with Gasteiger partial charge < -0.3 is 19.9 Å². The molecule has 0 saturated carbocycles. The Morgan fingerprint density at radius 2 is 1.70 bits per heavy atom.